The van der Waals surface area contributed by atoms with Gasteiger partial charge < -0.3 is 5.11 Å². The van der Waals surface area contributed by atoms with Gasteiger partial charge in [-0.25, -0.2) is 0 Å². The number of aliphatic hydroxyl groups excluding tert-OH is 1. The highest BCUT2D eigenvalue weighted by Crippen LogP contribution is 2.16. The van der Waals surface area contributed by atoms with Crippen molar-refractivity contribution in [1.82, 2.24) is 5.10 Å². The van der Waals surface area contributed by atoms with Gasteiger partial charge in [-0.2, -0.15) is 0 Å². The Balaban J connectivity index is 2.26. The summed E-state index contributed by atoms with van der Waals surface area (Å²) in [5, 5.41) is 24.3. The van der Waals surface area contributed by atoms with Crippen molar-refractivity contribution < 1.29 is 14.7 Å². The maximum absolute atomic E-state index is 10.5. The average molecular weight is 244 g/mol. The fourth-order valence-electron chi connectivity index (χ4n) is 1.37. The summed E-state index contributed by atoms with van der Waals surface area (Å²) in [5.41, 5.74) is 0.468. The number of rotatable bonds is 3. The summed E-state index contributed by atoms with van der Waals surface area (Å²) in [5.74, 6) is -0.0198. The second-order valence-corrected chi connectivity index (χ2v) is 3.50. The molecule has 6 heteroatoms. The summed E-state index contributed by atoms with van der Waals surface area (Å²) in [6, 6.07) is 9.16. The summed E-state index contributed by atoms with van der Waals surface area (Å²) < 4.78 is 1.44. The number of aromatic nitrogens is 2. The molecule has 0 saturated heterocycles. The third-order valence-corrected chi connectivity index (χ3v) is 2.26. The molecule has 1 aromatic carbocycles. The van der Waals surface area contributed by atoms with Crippen LogP contribution in [-0.4, -0.2) is 15.1 Å². The molecule has 6 nitrogen and oxygen atoms in total. The Labute approximate surface area is 103 Å². The predicted molar refractivity (Wildman–Crippen MR) is 64.3 cm³/mol. The van der Waals surface area contributed by atoms with Crippen LogP contribution in [0, 0.1) is 10.1 Å². The Morgan fingerprint density at radius 3 is 2.61 bits per heavy atom. The number of nitro groups is 1. The lowest BCUT2D eigenvalue weighted by molar-refractivity contribution is -0.634. The number of non-ortho nitro benzene ring substituents is 1. The molecular weight excluding hydrogens is 234 g/mol. The highest BCUT2D eigenvalue weighted by Gasteiger charge is 2.08. The first-order valence-electron chi connectivity index (χ1n) is 5.15. The molecule has 0 aliphatic heterocycles. The van der Waals surface area contributed by atoms with Crippen LogP contribution in [0.5, 0.6) is 0 Å². The van der Waals surface area contributed by atoms with Crippen molar-refractivity contribution in [1.29, 1.82) is 0 Å². The lowest BCUT2D eigenvalue weighted by Crippen LogP contribution is -2.29. The van der Waals surface area contributed by atoms with E-state index in [4.69, 9.17) is 0 Å². The van der Waals surface area contributed by atoms with Crippen LogP contribution in [0.4, 0.5) is 5.69 Å². The van der Waals surface area contributed by atoms with Gasteiger partial charge in [0.05, 0.1) is 11.1 Å². The van der Waals surface area contributed by atoms with Crippen LogP contribution in [0.2, 0.25) is 0 Å². The molecular formula is C12H10N3O3+. The Morgan fingerprint density at radius 2 is 2.06 bits per heavy atom. The van der Waals surface area contributed by atoms with Crippen LogP contribution >= 0.6 is 0 Å². The molecule has 1 heterocycles. The lowest BCUT2D eigenvalue weighted by Gasteiger charge is -1.96. The monoisotopic (exact) mass is 244 g/mol. The zero-order valence-electron chi connectivity index (χ0n) is 9.30. The maximum Gasteiger partial charge on any atom is 0.269 e. The van der Waals surface area contributed by atoms with Crippen molar-refractivity contribution in [2.45, 2.75) is 0 Å². The van der Waals surface area contributed by atoms with Gasteiger partial charge in [-0.05, 0) is 23.3 Å². The molecule has 0 aliphatic carbocycles. The molecule has 0 saturated carbocycles. The molecule has 1 aromatic heterocycles. The summed E-state index contributed by atoms with van der Waals surface area (Å²) in [6.07, 6.45) is 4.67. The Hall–Kier alpha value is -2.76. The van der Waals surface area contributed by atoms with Gasteiger partial charge in [0.15, 0.2) is 5.76 Å². The van der Waals surface area contributed by atoms with Crippen LogP contribution in [0.15, 0.2) is 48.8 Å². The Kier molecular flexibility index (Phi) is 3.29. The van der Waals surface area contributed by atoms with Gasteiger partial charge in [0.2, 0.25) is 12.4 Å². The van der Waals surface area contributed by atoms with E-state index in [-0.39, 0.29) is 11.4 Å². The average Bonchev–Trinajstić information content (AvgIpc) is 2.40. The van der Waals surface area contributed by atoms with Crippen molar-refractivity contribution >= 4 is 17.6 Å². The highest BCUT2D eigenvalue weighted by atomic mass is 16.6. The maximum atomic E-state index is 10.5. The molecule has 0 atom stereocenters. The van der Waals surface area contributed by atoms with E-state index in [2.05, 4.69) is 5.10 Å². The normalized spacial score (nSPS) is 11.2. The zero-order valence-corrected chi connectivity index (χ0v) is 9.30. The van der Waals surface area contributed by atoms with Crippen LogP contribution in [0.25, 0.3) is 12.0 Å². The highest BCUT2D eigenvalue weighted by molar-refractivity contribution is 5.66. The van der Waals surface area contributed by atoms with Gasteiger partial charge >= 0.3 is 0 Å². The van der Waals surface area contributed by atoms with E-state index < -0.39 is 4.92 Å². The number of nitro benzene ring substituents is 1. The smallest absolute Gasteiger partial charge is 0.269 e. The predicted octanol–water partition coefficient (Wildman–Crippen LogP) is 1.79. The summed E-state index contributed by atoms with van der Waals surface area (Å²) in [4.78, 5) is 10.00. The summed E-state index contributed by atoms with van der Waals surface area (Å²) >= 11 is 0. The minimum Gasteiger partial charge on any atom is -0.502 e. The van der Waals surface area contributed by atoms with Crippen molar-refractivity contribution in [3.8, 4) is 0 Å². The SMILES string of the molecule is O=[N+]([O-])c1ccc(/C(O)=C/[n+]2ccccn2)cc1. The molecule has 0 radical (unpaired) electrons. The lowest BCUT2D eigenvalue weighted by atomic mass is 10.2. The van der Waals surface area contributed by atoms with E-state index in [0.29, 0.717) is 5.56 Å². The standard InChI is InChI=1S/C12H9N3O3/c16-12(9-14-8-2-1-7-13-14)10-3-5-11(6-4-10)15(17)18/h1-9H/p+1. The third kappa shape index (κ3) is 2.67. The van der Waals surface area contributed by atoms with Crippen LogP contribution in [-0.2, 0) is 0 Å². The van der Waals surface area contributed by atoms with Crippen molar-refractivity contribution in [3.63, 3.8) is 0 Å². The van der Waals surface area contributed by atoms with Crippen molar-refractivity contribution in [2.24, 2.45) is 0 Å². The molecule has 90 valence electrons. The molecule has 0 spiro atoms. The van der Waals surface area contributed by atoms with Gasteiger partial charge in [0.25, 0.3) is 5.69 Å². The molecule has 18 heavy (non-hydrogen) atoms. The minimum absolute atomic E-state index is 0.0166. The topological polar surface area (TPSA) is 80.1 Å². The fourth-order valence-corrected chi connectivity index (χ4v) is 1.37. The first kappa shape index (κ1) is 11.7. The van der Waals surface area contributed by atoms with E-state index >= 15 is 0 Å². The summed E-state index contributed by atoms with van der Waals surface area (Å²) in [7, 11) is 0. The zero-order chi connectivity index (χ0) is 13.0. The Bertz CT molecular complexity index is 579. The third-order valence-electron chi connectivity index (χ3n) is 2.26. The largest absolute Gasteiger partial charge is 0.502 e. The summed E-state index contributed by atoms with van der Waals surface area (Å²) in [6.45, 7) is 0. The van der Waals surface area contributed by atoms with Crippen LogP contribution in [0.3, 0.4) is 0 Å². The molecule has 0 bridgehead atoms. The second-order valence-electron chi connectivity index (χ2n) is 3.50. The fraction of sp³-hybridized carbons (Fsp3) is 0. The molecule has 0 amide bonds. The number of aliphatic hydroxyl groups is 1. The van der Waals surface area contributed by atoms with E-state index in [0.717, 1.165) is 0 Å². The van der Waals surface area contributed by atoms with E-state index in [9.17, 15) is 15.2 Å². The van der Waals surface area contributed by atoms with Gasteiger partial charge in [-0.15, -0.1) is 0 Å². The number of hydrogen-bond donors (Lipinski definition) is 1. The number of hydrogen-bond acceptors (Lipinski definition) is 4. The first-order valence-corrected chi connectivity index (χ1v) is 5.15. The van der Waals surface area contributed by atoms with E-state index in [1.807, 2.05) is 0 Å². The number of benzene rings is 1. The molecule has 0 fully saturated rings. The molecule has 2 rings (SSSR count). The quantitative estimate of drug-likeness (QED) is 0.386. The van der Waals surface area contributed by atoms with E-state index in [1.54, 1.807) is 24.5 Å². The minimum atomic E-state index is -0.488. The Morgan fingerprint density at radius 1 is 1.33 bits per heavy atom. The van der Waals surface area contributed by atoms with Gasteiger partial charge in [-0.3, -0.25) is 10.1 Å². The molecule has 1 N–H and O–H groups in total. The van der Waals surface area contributed by atoms with Crippen molar-refractivity contribution in [2.75, 3.05) is 0 Å². The van der Waals surface area contributed by atoms with Gasteiger partial charge in [0.1, 0.15) is 0 Å². The first-order chi connectivity index (χ1) is 8.66. The van der Waals surface area contributed by atoms with Crippen molar-refractivity contribution in [3.05, 3.63) is 64.5 Å². The van der Waals surface area contributed by atoms with Crippen LogP contribution in [0.1, 0.15) is 5.56 Å². The van der Waals surface area contributed by atoms with Gasteiger partial charge in [0, 0.05) is 23.8 Å². The van der Waals surface area contributed by atoms with Crippen LogP contribution < -0.4 is 4.68 Å². The van der Waals surface area contributed by atoms with E-state index in [1.165, 1.54) is 35.1 Å². The second kappa shape index (κ2) is 5.05. The molecule has 0 unspecified atom stereocenters. The molecule has 0 aliphatic rings. The molecule has 2 aromatic rings. The van der Waals surface area contributed by atoms with Gasteiger partial charge in [-0.1, -0.05) is 4.68 Å². The number of nitrogens with zero attached hydrogens (tertiary/aromatic N) is 3.